The average Bonchev–Trinajstić information content (AvgIpc) is 2.45. The van der Waals surface area contributed by atoms with Gasteiger partial charge in [0.1, 0.15) is 5.52 Å². The first-order valence-corrected chi connectivity index (χ1v) is 4.74. The van der Waals surface area contributed by atoms with Crippen molar-refractivity contribution in [3.63, 3.8) is 0 Å². The Kier molecular flexibility index (Phi) is 1.96. The maximum absolute atomic E-state index is 13.4. The van der Waals surface area contributed by atoms with Gasteiger partial charge in [-0.15, -0.1) is 0 Å². The minimum absolute atomic E-state index is 0.000556. The summed E-state index contributed by atoms with van der Waals surface area (Å²) < 4.78 is 18.4. The molecule has 2 rings (SSSR count). The van der Waals surface area contributed by atoms with E-state index in [4.69, 9.17) is 10.2 Å². The lowest BCUT2D eigenvalue weighted by molar-refractivity contribution is 0.562. The van der Waals surface area contributed by atoms with Crippen LogP contribution in [0.2, 0.25) is 0 Å². The van der Waals surface area contributed by atoms with Crippen molar-refractivity contribution in [1.29, 1.82) is 0 Å². The van der Waals surface area contributed by atoms with Gasteiger partial charge in [-0.2, -0.15) is 4.98 Å². The molecule has 0 aliphatic heterocycles. The van der Waals surface area contributed by atoms with Crippen LogP contribution in [0.5, 0.6) is 0 Å². The molecule has 1 aromatic heterocycles. The first-order chi connectivity index (χ1) is 6.89. The quantitative estimate of drug-likeness (QED) is 0.724. The van der Waals surface area contributed by atoms with Crippen molar-refractivity contribution in [2.75, 3.05) is 5.73 Å². The lowest BCUT2D eigenvalue weighted by atomic mass is 9.86. The van der Waals surface area contributed by atoms with Gasteiger partial charge >= 0.3 is 0 Å². The van der Waals surface area contributed by atoms with Crippen molar-refractivity contribution in [3.8, 4) is 0 Å². The summed E-state index contributed by atoms with van der Waals surface area (Å²) in [5, 5.41) is 0. The van der Waals surface area contributed by atoms with Crippen molar-refractivity contribution in [2.45, 2.75) is 26.2 Å². The van der Waals surface area contributed by atoms with Crippen LogP contribution in [-0.2, 0) is 5.41 Å². The van der Waals surface area contributed by atoms with Crippen LogP contribution >= 0.6 is 0 Å². The fourth-order valence-corrected chi connectivity index (χ4v) is 1.60. The summed E-state index contributed by atoms with van der Waals surface area (Å²) in [6, 6.07) is 3.10. The Balaban J connectivity index is 2.83. The molecule has 0 atom stereocenters. The van der Waals surface area contributed by atoms with Gasteiger partial charge in [0, 0.05) is 0 Å². The number of hydrogen-bond donors (Lipinski definition) is 1. The van der Waals surface area contributed by atoms with Gasteiger partial charge in [0.05, 0.1) is 0 Å². The largest absolute Gasteiger partial charge is 0.421 e. The van der Waals surface area contributed by atoms with Crippen LogP contribution in [0.1, 0.15) is 26.3 Å². The zero-order chi connectivity index (χ0) is 11.2. The van der Waals surface area contributed by atoms with Gasteiger partial charge in [0.25, 0.3) is 6.01 Å². The highest BCUT2D eigenvalue weighted by molar-refractivity contribution is 5.79. The van der Waals surface area contributed by atoms with Crippen molar-refractivity contribution in [2.24, 2.45) is 0 Å². The van der Waals surface area contributed by atoms with Gasteiger partial charge in [0.15, 0.2) is 11.4 Å². The lowest BCUT2D eigenvalue weighted by Gasteiger charge is -2.18. The number of benzene rings is 1. The lowest BCUT2D eigenvalue weighted by Crippen LogP contribution is -2.11. The molecule has 0 aliphatic carbocycles. The Morgan fingerprint density at radius 2 is 2.00 bits per heavy atom. The summed E-state index contributed by atoms with van der Waals surface area (Å²) in [4.78, 5) is 4.01. The minimum Gasteiger partial charge on any atom is -0.421 e. The SMILES string of the molecule is CC(C)(C)c1ccc(F)c2oc(N)nc12. The Morgan fingerprint density at radius 1 is 1.33 bits per heavy atom. The van der Waals surface area contributed by atoms with E-state index in [9.17, 15) is 4.39 Å². The van der Waals surface area contributed by atoms with Crippen LogP contribution in [0.25, 0.3) is 11.1 Å². The molecule has 0 bridgehead atoms. The molecule has 0 aliphatic rings. The average molecular weight is 208 g/mol. The predicted molar refractivity (Wildman–Crippen MR) is 57.1 cm³/mol. The van der Waals surface area contributed by atoms with Crippen molar-refractivity contribution in [1.82, 2.24) is 4.98 Å². The first-order valence-electron chi connectivity index (χ1n) is 4.74. The second-order valence-corrected chi connectivity index (χ2v) is 4.57. The molecule has 2 N–H and O–H groups in total. The number of nitrogens with two attached hydrogens (primary N) is 1. The molecule has 80 valence electrons. The molecule has 2 aromatic rings. The maximum Gasteiger partial charge on any atom is 0.293 e. The minimum atomic E-state index is -0.429. The zero-order valence-electron chi connectivity index (χ0n) is 8.97. The summed E-state index contributed by atoms with van der Waals surface area (Å²) in [5.74, 6) is -0.429. The van der Waals surface area contributed by atoms with Crippen molar-refractivity contribution >= 4 is 17.1 Å². The highest BCUT2D eigenvalue weighted by Crippen LogP contribution is 2.31. The number of rotatable bonds is 0. The molecular weight excluding hydrogens is 195 g/mol. The molecule has 0 radical (unpaired) electrons. The van der Waals surface area contributed by atoms with Gasteiger partial charge in [-0.25, -0.2) is 4.39 Å². The van der Waals surface area contributed by atoms with Crippen LogP contribution in [0, 0.1) is 5.82 Å². The standard InChI is InChI=1S/C11H13FN2O/c1-11(2,3)6-4-5-7(12)9-8(6)14-10(13)15-9/h4-5H,1-3H3,(H2,13,14). The van der Waals surface area contributed by atoms with Crippen LogP contribution in [0.3, 0.4) is 0 Å². The molecule has 0 saturated carbocycles. The Morgan fingerprint density at radius 3 is 2.60 bits per heavy atom. The third-order valence-corrected chi connectivity index (χ3v) is 2.32. The van der Waals surface area contributed by atoms with Crippen LogP contribution in [-0.4, -0.2) is 4.98 Å². The molecule has 0 saturated heterocycles. The molecule has 1 heterocycles. The Bertz CT molecular complexity index is 511. The van der Waals surface area contributed by atoms with E-state index < -0.39 is 5.82 Å². The second kappa shape index (κ2) is 2.95. The molecule has 15 heavy (non-hydrogen) atoms. The number of nitrogen functional groups attached to an aromatic ring is 1. The number of anilines is 1. The highest BCUT2D eigenvalue weighted by atomic mass is 19.1. The predicted octanol–water partition coefficient (Wildman–Crippen LogP) is 2.85. The molecule has 1 aromatic carbocycles. The van der Waals surface area contributed by atoms with Crippen LogP contribution in [0.4, 0.5) is 10.4 Å². The van der Waals surface area contributed by atoms with Gasteiger partial charge in [-0.3, -0.25) is 0 Å². The number of aromatic nitrogens is 1. The topological polar surface area (TPSA) is 52.0 Å². The van der Waals surface area contributed by atoms with Gasteiger partial charge < -0.3 is 10.2 Å². The second-order valence-electron chi connectivity index (χ2n) is 4.57. The van der Waals surface area contributed by atoms with Crippen molar-refractivity contribution in [3.05, 3.63) is 23.5 Å². The van der Waals surface area contributed by atoms with E-state index in [-0.39, 0.29) is 17.0 Å². The number of oxazole rings is 1. The fraction of sp³-hybridized carbons (Fsp3) is 0.364. The summed E-state index contributed by atoms with van der Waals surface area (Å²) in [6.07, 6.45) is 0. The molecule has 4 heteroatoms. The summed E-state index contributed by atoms with van der Waals surface area (Å²) in [6.45, 7) is 6.10. The first kappa shape index (κ1) is 9.96. The fourth-order valence-electron chi connectivity index (χ4n) is 1.60. The zero-order valence-corrected chi connectivity index (χ0v) is 8.97. The monoisotopic (exact) mass is 208 g/mol. The van der Waals surface area contributed by atoms with E-state index in [0.29, 0.717) is 5.52 Å². The molecule has 0 fully saturated rings. The third-order valence-electron chi connectivity index (χ3n) is 2.32. The number of fused-ring (bicyclic) bond motifs is 1. The van der Waals surface area contributed by atoms with Gasteiger partial charge in [0.2, 0.25) is 0 Å². The van der Waals surface area contributed by atoms with E-state index >= 15 is 0 Å². The maximum atomic E-state index is 13.4. The van der Waals surface area contributed by atoms with E-state index in [1.165, 1.54) is 6.07 Å². The molecule has 3 nitrogen and oxygen atoms in total. The molecule has 0 amide bonds. The summed E-state index contributed by atoms with van der Waals surface area (Å²) in [5.41, 5.74) is 6.89. The van der Waals surface area contributed by atoms with E-state index in [2.05, 4.69) is 4.98 Å². The van der Waals surface area contributed by atoms with E-state index in [1.807, 2.05) is 20.8 Å². The van der Waals surface area contributed by atoms with Crippen LogP contribution in [0.15, 0.2) is 16.5 Å². The van der Waals surface area contributed by atoms with Gasteiger partial charge in [-0.1, -0.05) is 26.8 Å². The molecular formula is C11H13FN2O. The van der Waals surface area contributed by atoms with Crippen LogP contribution < -0.4 is 5.73 Å². The number of nitrogens with zero attached hydrogens (tertiary/aromatic N) is 1. The van der Waals surface area contributed by atoms with E-state index in [0.717, 1.165) is 5.56 Å². The highest BCUT2D eigenvalue weighted by Gasteiger charge is 2.21. The number of halogens is 1. The Labute approximate surface area is 87.1 Å². The third kappa shape index (κ3) is 1.56. The summed E-state index contributed by atoms with van der Waals surface area (Å²) in [7, 11) is 0. The van der Waals surface area contributed by atoms with Crippen molar-refractivity contribution < 1.29 is 8.81 Å². The molecule has 0 spiro atoms. The normalized spacial score (nSPS) is 12.3. The smallest absolute Gasteiger partial charge is 0.293 e. The molecule has 0 unspecified atom stereocenters. The Hall–Kier alpha value is -1.58. The van der Waals surface area contributed by atoms with E-state index in [1.54, 1.807) is 6.07 Å². The van der Waals surface area contributed by atoms with Gasteiger partial charge in [-0.05, 0) is 17.0 Å². The number of hydrogen-bond acceptors (Lipinski definition) is 3. The summed E-state index contributed by atoms with van der Waals surface area (Å²) >= 11 is 0.